The molecule has 1 fully saturated rings. The predicted molar refractivity (Wildman–Crippen MR) is 81.5 cm³/mol. The highest BCUT2D eigenvalue weighted by molar-refractivity contribution is 5.95. The van der Waals surface area contributed by atoms with Crippen molar-refractivity contribution in [3.8, 4) is 0 Å². The Morgan fingerprint density at radius 1 is 1.38 bits per heavy atom. The Balaban J connectivity index is 1.80. The first-order chi connectivity index (χ1) is 10.1. The lowest BCUT2D eigenvalue weighted by Gasteiger charge is -2.28. The van der Waals surface area contributed by atoms with E-state index in [9.17, 15) is 9.90 Å². The molecule has 21 heavy (non-hydrogen) atoms. The molecule has 1 aliphatic heterocycles. The van der Waals surface area contributed by atoms with Crippen LogP contribution in [0, 0.1) is 13.8 Å². The van der Waals surface area contributed by atoms with Crippen LogP contribution in [-0.4, -0.2) is 61.4 Å². The molecule has 0 aromatic heterocycles. The molecule has 5 heteroatoms. The SMILES string of the molecule is Cc1ccc(C(=O)NCC(O)CN2CCOCC2)c(C)c1. The van der Waals surface area contributed by atoms with Crippen molar-refractivity contribution in [2.45, 2.75) is 20.0 Å². The summed E-state index contributed by atoms with van der Waals surface area (Å²) in [6.45, 7) is 7.85. The molecular weight excluding hydrogens is 268 g/mol. The first-order valence-electron chi connectivity index (χ1n) is 7.40. The van der Waals surface area contributed by atoms with Crippen LogP contribution in [0.3, 0.4) is 0 Å². The summed E-state index contributed by atoms with van der Waals surface area (Å²) in [6.07, 6.45) is -0.558. The lowest BCUT2D eigenvalue weighted by Crippen LogP contribution is -2.44. The zero-order valence-electron chi connectivity index (χ0n) is 12.8. The van der Waals surface area contributed by atoms with Gasteiger partial charge in [0.05, 0.1) is 19.3 Å². The third kappa shape index (κ3) is 4.81. The smallest absolute Gasteiger partial charge is 0.251 e. The predicted octanol–water partition coefficient (Wildman–Crippen LogP) is 0.726. The maximum absolute atomic E-state index is 12.1. The number of hydrogen-bond donors (Lipinski definition) is 2. The number of β-amino-alcohol motifs (C(OH)–C–C–N with tert-alkyl or cyclic N) is 1. The zero-order chi connectivity index (χ0) is 15.2. The Morgan fingerprint density at radius 3 is 2.76 bits per heavy atom. The molecule has 5 nitrogen and oxygen atoms in total. The first-order valence-corrected chi connectivity index (χ1v) is 7.40. The van der Waals surface area contributed by atoms with E-state index in [-0.39, 0.29) is 12.5 Å². The number of rotatable bonds is 5. The van der Waals surface area contributed by atoms with Gasteiger partial charge in [0.1, 0.15) is 0 Å². The number of carbonyl (C=O) groups excluding carboxylic acids is 1. The normalized spacial score (nSPS) is 17.5. The van der Waals surface area contributed by atoms with Crippen LogP contribution in [0.5, 0.6) is 0 Å². The van der Waals surface area contributed by atoms with Crippen LogP contribution in [0.15, 0.2) is 18.2 Å². The molecule has 1 saturated heterocycles. The Labute approximate surface area is 125 Å². The van der Waals surface area contributed by atoms with Crippen LogP contribution in [-0.2, 0) is 4.74 Å². The van der Waals surface area contributed by atoms with E-state index in [0.29, 0.717) is 25.3 Å². The number of nitrogens with one attached hydrogen (secondary N) is 1. The molecule has 1 atom stereocenters. The lowest BCUT2D eigenvalue weighted by atomic mass is 10.1. The summed E-state index contributed by atoms with van der Waals surface area (Å²) in [7, 11) is 0. The highest BCUT2D eigenvalue weighted by atomic mass is 16.5. The summed E-state index contributed by atoms with van der Waals surface area (Å²) < 4.78 is 5.27. The molecule has 0 spiro atoms. The van der Waals surface area contributed by atoms with E-state index in [1.54, 1.807) is 0 Å². The van der Waals surface area contributed by atoms with Gasteiger partial charge in [0.15, 0.2) is 0 Å². The van der Waals surface area contributed by atoms with Gasteiger partial charge in [0.25, 0.3) is 5.91 Å². The molecule has 1 unspecified atom stereocenters. The van der Waals surface area contributed by atoms with Crippen molar-refractivity contribution in [2.24, 2.45) is 0 Å². The van der Waals surface area contributed by atoms with Gasteiger partial charge in [0.2, 0.25) is 0 Å². The molecule has 2 rings (SSSR count). The number of amides is 1. The van der Waals surface area contributed by atoms with E-state index in [0.717, 1.165) is 24.2 Å². The van der Waals surface area contributed by atoms with E-state index < -0.39 is 6.10 Å². The molecule has 0 radical (unpaired) electrons. The summed E-state index contributed by atoms with van der Waals surface area (Å²) in [5.74, 6) is -0.131. The van der Waals surface area contributed by atoms with Crippen molar-refractivity contribution < 1.29 is 14.6 Å². The number of aryl methyl sites for hydroxylation is 2. The van der Waals surface area contributed by atoms with Crippen molar-refractivity contribution in [1.29, 1.82) is 0 Å². The van der Waals surface area contributed by atoms with Gasteiger partial charge in [-0.15, -0.1) is 0 Å². The molecule has 1 aromatic carbocycles. The number of ether oxygens (including phenoxy) is 1. The Hall–Kier alpha value is -1.43. The first kappa shape index (κ1) is 15.9. The number of hydrogen-bond acceptors (Lipinski definition) is 4. The zero-order valence-corrected chi connectivity index (χ0v) is 12.8. The molecule has 1 aliphatic rings. The fourth-order valence-corrected chi connectivity index (χ4v) is 2.52. The van der Waals surface area contributed by atoms with Gasteiger partial charge >= 0.3 is 0 Å². The van der Waals surface area contributed by atoms with E-state index in [4.69, 9.17) is 4.74 Å². The minimum atomic E-state index is -0.558. The Kier molecular flexibility index (Phi) is 5.73. The molecule has 0 bridgehead atoms. The highest BCUT2D eigenvalue weighted by Crippen LogP contribution is 2.10. The highest BCUT2D eigenvalue weighted by Gasteiger charge is 2.16. The van der Waals surface area contributed by atoms with Crippen LogP contribution in [0.25, 0.3) is 0 Å². The quantitative estimate of drug-likeness (QED) is 0.840. The summed E-state index contributed by atoms with van der Waals surface area (Å²) in [6, 6.07) is 5.74. The second kappa shape index (κ2) is 7.54. The summed E-state index contributed by atoms with van der Waals surface area (Å²) in [4.78, 5) is 14.3. The fourth-order valence-electron chi connectivity index (χ4n) is 2.52. The third-order valence-electron chi connectivity index (χ3n) is 3.70. The van der Waals surface area contributed by atoms with E-state index in [2.05, 4.69) is 10.2 Å². The topological polar surface area (TPSA) is 61.8 Å². The van der Waals surface area contributed by atoms with Gasteiger partial charge < -0.3 is 15.2 Å². The number of benzene rings is 1. The van der Waals surface area contributed by atoms with Crippen molar-refractivity contribution in [3.05, 3.63) is 34.9 Å². The largest absolute Gasteiger partial charge is 0.390 e. The van der Waals surface area contributed by atoms with E-state index in [1.165, 1.54) is 0 Å². The Morgan fingerprint density at radius 2 is 2.10 bits per heavy atom. The van der Waals surface area contributed by atoms with Crippen LogP contribution >= 0.6 is 0 Å². The minimum absolute atomic E-state index is 0.131. The van der Waals surface area contributed by atoms with E-state index in [1.807, 2.05) is 32.0 Å². The molecule has 1 aromatic rings. The molecule has 1 amide bonds. The standard InChI is InChI=1S/C16H24N2O3/c1-12-3-4-15(13(2)9-12)16(20)17-10-14(19)11-18-5-7-21-8-6-18/h3-4,9,14,19H,5-8,10-11H2,1-2H3,(H,17,20). The molecule has 1 heterocycles. The van der Waals surface area contributed by atoms with Crippen LogP contribution in [0.1, 0.15) is 21.5 Å². The number of carbonyl (C=O) groups is 1. The average Bonchev–Trinajstić information content (AvgIpc) is 2.46. The second-order valence-electron chi connectivity index (χ2n) is 5.60. The maximum atomic E-state index is 12.1. The van der Waals surface area contributed by atoms with Crippen molar-refractivity contribution in [2.75, 3.05) is 39.4 Å². The summed E-state index contributed by atoms with van der Waals surface area (Å²) in [5, 5.41) is 12.8. The molecule has 0 saturated carbocycles. The lowest BCUT2D eigenvalue weighted by molar-refractivity contribution is 0.0149. The average molecular weight is 292 g/mol. The minimum Gasteiger partial charge on any atom is -0.390 e. The van der Waals surface area contributed by atoms with Gasteiger partial charge in [-0.2, -0.15) is 0 Å². The van der Waals surface area contributed by atoms with Crippen LogP contribution < -0.4 is 5.32 Å². The second-order valence-corrected chi connectivity index (χ2v) is 5.60. The number of aliphatic hydroxyl groups is 1. The monoisotopic (exact) mass is 292 g/mol. The van der Waals surface area contributed by atoms with Crippen molar-refractivity contribution in [3.63, 3.8) is 0 Å². The molecule has 116 valence electrons. The number of aliphatic hydroxyl groups excluding tert-OH is 1. The summed E-state index contributed by atoms with van der Waals surface area (Å²) >= 11 is 0. The van der Waals surface area contributed by atoms with Crippen LogP contribution in [0.4, 0.5) is 0 Å². The van der Waals surface area contributed by atoms with Crippen molar-refractivity contribution in [1.82, 2.24) is 10.2 Å². The van der Waals surface area contributed by atoms with E-state index >= 15 is 0 Å². The third-order valence-corrected chi connectivity index (χ3v) is 3.70. The number of nitrogens with zero attached hydrogens (tertiary/aromatic N) is 1. The van der Waals surface area contributed by atoms with Gasteiger partial charge in [-0.25, -0.2) is 0 Å². The molecule has 2 N–H and O–H groups in total. The fraction of sp³-hybridized carbons (Fsp3) is 0.562. The van der Waals surface area contributed by atoms with Crippen molar-refractivity contribution >= 4 is 5.91 Å². The molecule has 0 aliphatic carbocycles. The van der Waals surface area contributed by atoms with Gasteiger partial charge in [-0.1, -0.05) is 17.7 Å². The van der Waals surface area contributed by atoms with Gasteiger partial charge in [-0.05, 0) is 25.5 Å². The summed E-state index contributed by atoms with van der Waals surface area (Å²) in [5.41, 5.74) is 2.76. The van der Waals surface area contributed by atoms with Crippen LogP contribution in [0.2, 0.25) is 0 Å². The maximum Gasteiger partial charge on any atom is 0.251 e. The van der Waals surface area contributed by atoms with Gasteiger partial charge in [-0.3, -0.25) is 9.69 Å². The molecular formula is C16H24N2O3. The van der Waals surface area contributed by atoms with Gasteiger partial charge in [0, 0.05) is 31.7 Å². The Bertz CT molecular complexity index is 484. The number of morpholine rings is 1.